The number of fused-ring (bicyclic) bond motifs is 1. The second-order valence-corrected chi connectivity index (χ2v) is 3.54. The molecule has 1 aromatic carbocycles. The average Bonchev–Trinajstić information content (AvgIpc) is 2.33. The molecule has 1 heterocycles. The van der Waals surface area contributed by atoms with Crippen LogP contribution in [-0.2, 0) is 0 Å². The highest BCUT2D eigenvalue weighted by molar-refractivity contribution is 5.44. The first-order valence-electron chi connectivity index (χ1n) is 4.83. The van der Waals surface area contributed by atoms with Crippen molar-refractivity contribution < 1.29 is 18.3 Å². The first kappa shape index (κ1) is 10.7. The molecule has 84 valence electrons. The van der Waals surface area contributed by atoms with Crippen molar-refractivity contribution in [3.8, 4) is 17.6 Å². The predicted molar refractivity (Wildman–Crippen MR) is 51.1 cm³/mol. The minimum absolute atomic E-state index is 0.104. The third kappa shape index (κ3) is 1.47. The molecule has 16 heavy (non-hydrogen) atoms. The topological polar surface area (TPSA) is 42.2 Å². The second-order valence-electron chi connectivity index (χ2n) is 3.54. The summed E-state index contributed by atoms with van der Waals surface area (Å²) in [6.07, 6.45) is 0.332. The van der Waals surface area contributed by atoms with Gasteiger partial charge in [0, 0.05) is 6.42 Å². The molecular weight excluding hydrogens is 216 g/mol. The van der Waals surface area contributed by atoms with Gasteiger partial charge < -0.3 is 9.47 Å². The number of benzene rings is 1. The van der Waals surface area contributed by atoms with Crippen molar-refractivity contribution in [1.82, 2.24) is 0 Å². The number of halogens is 2. The molecule has 2 rings (SSSR count). The van der Waals surface area contributed by atoms with Crippen LogP contribution in [0.3, 0.4) is 0 Å². The maximum absolute atomic E-state index is 13.4. The summed E-state index contributed by atoms with van der Waals surface area (Å²) in [7, 11) is 0. The Morgan fingerprint density at radius 1 is 1.38 bits per heavy atom. The lowest BCUT2D eigenvalue weighted by Crippen LogP contribution is -2.43. The number of hydrogen-bond donors (Lipinski definition) is 0. The van der Waals surface area contributed by atoms with Crippen molar-refractivity contribution in [3.05, 3.63) is 23.8 Å². The van der Waals surface area contributed by atoms with Crippen LogP contribution in [-0.4, -0.2) is 12.2 Å². The van der Waals surface area contributed by atoms with Crippen molar-refractivity contribution >= 4 is 0 Å². The van der Waals surface area contributed by atoms with Crippen LogP contribution in [0, 0.1) is 23.0 Å². The van der Waals surface area contributed by atoms with Crippen molar-refractivity contribution in [3.63, 3.8) is 0 Å². The molecule has 5 heteroatoms. The van der Waals surface area contributed by atoms with Gasteiger partial charge in [0.25, 0.3) is 0 Å². The van der Waals surface area contributed by atoms with Crippen molar-refractivity contribution in [2.75, 3.05) is 6.61 Å². The van der Waals surface area contributed by atoms with E-state index in [1.807, 2.05) is 6.07 Å². The molecular formula is C11H9F2NO2. The maximum Gasteiger partial charge on any atom is 0.227 e. The summed E-state index contributed by atoms with van der Waals surface area (Å²) in [4.78, 5) is 0. The molecule has 0 aliphatic carbocycles. The summed E-state index contributed by atoms with van der Waals surface area (Å²) in [6, 6.07) is 3.82. The fourth-order valence-corrected chi connectivity index (χ4v) is 1.47. The summed E-state index contributed by atoms with van der Waals surface area (Å²) in [5.41, 5.74) is -1.23. The molecule has 0 aromatic heterocycles. The van der Waals surface area contributed by atoms with Gasteiger partial charge >= 0.3 is 0 Å². The van der Waals surface area contributed by atoms with E-state index >= 15 is 0 Å². The normalized spacial score (nSPS) is 22.6. The Hall–Kier alpha value is -1.83. The van der Waals surface area contributed by atoms with Crippen LogP contribution in [0.5, 0.6) is 11.5 Å². The molecule has 3 nitrogen and oxygen atoms in total. The first-order valence-corrected chi connectivity index (χ1v) is 4.83. The van der Waals surface area contributed by atoms with Gasteiger partial charge in [0.2, 0.25) is 11.4 Å². The Morgan fingerprint density at radius 3 is 2.56 bits per heavy atom. The monoisotopic (exact) mass is 225 g/mol. The van der Waals surface area contributed by atoms with E-state index in [-0.39, 0.29) is 18.1 Å². The van der Waals surface area contributed by atoms with E-state index in [2.05, 4.69) is 0 Å². The molecule has 0 saturated carbocycles. The van der Waals surface area contributed by atoms with Crippen LogP contribution >= 0.6 is 0 Å². The van der Waals surface area contributed by atoms with Crippen molar-refractivity contribution in [1.29, 1.82) is 5.26 Å². The number of hydrogen-bond acceptors (Lipinski definition) is 3. The number of nitrogens with zero attached hydrogens (tertiary/aromatic N) is 1. The zero-order valence-electron chi connectivity index (χ0n) is 8.59. The lowest BCUT2D eigenvalue weighted by molar-refractivity contribution is 0.0255. The molecule has 0 amide bonds. The summed E-state index contributed by atoms with van der Waals surface area (Å²) in [5, 5.41) is 8.96. The summed E-state index contributed by atoms with van der Waals surface area (Å²) >= 11 is 0. The van der Waals surface area contributed by atoms with E-state index in [1.165, 1.54) is 0 Å². The average molecular weight is 225 g/mol. The Bertz CT molecular complexity index is 470. The molecule has 0 fully saturated rings. The predicted octanol–water partition coefficient (Wildman–Crippen LogP) is 2.41. The van der Waals surface area contributed by atoms with Gasteiger partial charge in [-0.15, -0.1) is 0 Å². The minimum Gasteiger partial charge on any atom is -0.481 e. The third-order valence-corrected chi connectivity index (χ3v) is 2.54. The number of rotatable bonds is 1. The highest BCUT2D eigenvalue weighted by atomic mass is 19.1. The Morgan fingerprint density at radius 2 is 2.00 bits per heavy atom. The van der Waals surface area contributed by atoms with Crippen molar-refractivity contribution in [2.24, 2.45) is 0 Å². The Labute approximate surface area is 91.2 Å². The fourth-order valence-electron chi connectivity index (χ4n) is 1.47. The van der Waals surface area contributed by atoms with Gasteiger partial charge in [-0.25, -0.2) is 8.78 Å². The van der Waals surface area contributed by atoms with Gasteiger partial charge in [-0.2, -0.15) is 5.26 Å². The second kappa shape index (κ2) is 3.63. The molecule has 1 aromatic rings. The highest BCUT2D eigenvalue weighted by Gasteiger charge is 2.39. The van der Waals surface area contributed by atoms with E-state index in [0.717, 1.165) is 12.1 Å². The zero-order valence-corrected chi connectivity index (χ0v) is 8.59. The van der Waals surface area contributed by atoms with Crippen LogP contribution in [0.15, 0.2) is 12.1 Å². The van der Waals surface area contributed by atoms with Gasteiger partial charge in [-0.3, -0.25) is 0 Å². The third-order valence-electron chi connectivity index (χ3n) is 2.54. The van der Waals surface area contributed by atoms with Gasteiger partial charge in [0.15, 0.2) is 17.4 Å². The molecule has 0 spiro atoms. The molecule has 0 N–H and O–H groups in total. The van der Waals surface area contributed by atoms with Gasteiger partial charge in [-0.05, 0) is 12.1 Å². The molecule has 1 aliphatic heterocycles. The summed E-state index contributed by atoms with van der Waals surface area (Å²) < 4.78 is 36.9. The van der Waals surface area contributed by atoms with Crippen LogP contribution in [0.4, 0.5) is 8.78 Å². The Kier molecular flexibility index (Phi) is 2.43. The van der Waals surface area contributed by atoms with E-state index in [9.17, 15) is 8.78 Å². The SMILES string of the molecule is CCC1(C#N)COc2c(F)ccc(F)c2O1. The molecule has 0 radical (unpaired) electrons. The van der Waals surface area contributed by atoms with Crippen molar-refractivity contribution in [2.45, 2.75) is 18.9 Å². The van der Waals surface area contributed by atoms with Gasteiger partial charge in [0.05, 0.1) is 0 Å². The van der Waals surface area contributed by atoms with Gasteiger partial charge in [-0.1, -0.05) is 6.92 Å². The van der Waals surface area contributed by atoms with Crippen LogP contribution in [0.25, 0.3) is 0 Å². The van der Waals surface area contributed by atoms with E-state index in [4.69, 9.17) is 14.7 Å². The Balaban J connectivity index is 2.48. The molecule has 1 atom stereocenters. The summed E-state index contributed by atoms with van der Waals surface area (Å²) in [6.45, 7) is 1.61. The molecule has 1 aliphatic rings. The number of ether oxygens (including phenoxy) is 2. The van der Waals surface area contributed by atoms with Crippen LogP contribution < -0.4 is 9.47 Å². The lowest BCUT2D eigenvalue weighted by Gasteiger charge is -2.32. The largest absolute Gasteiger partial charge is 0.481 e. The van der Waals surface area contributed by atoms with Crippen LogP contribution in [0.2, 0.25) is 0 Å². The minimum atomic E-state index is -1.23. The fraction of sp³-hybridized carbons (Fsp3) is 0.364. The molecule has 0 saturated heterocycles. The first-order chi connectivity index (χ1) is 7.62. The van der Waals surface area contributed by atoms with E-state index in [0.29, 0.717) is 6.42 Å². The summed E-state index contributed by atoms with van der Waals surface area (Å²) in [5.74, 6) is -2.02. The maximum atomic E-state index is 13.4. The molecule has 1 unspecified atom stereocenters. The van der Waals surface area contributed by atoms with Gasteiger partial charge in [0.1, 0.15) is 12.7 Å². The molecule has 0 bridgehead atoms. The highest BCUT2D eigenvalue weighted by Crippen LogP contribution is 2.40. The quantitative estimate of drug-likeness (QED) is 0.737. The zero-order chi connectivity index (χ0) is 11.8. The standard InChI is InChI=1S/C11H9F2NO2/c1-2-11(5-14)6-15-9-7(12)3-4-8(13)10(9)16-11/h3-4H,2,6H2,1H3. The smallest absolute Gasteiger partial charge is 0.227 e. The van der Waals surface area contributed by atoms with Crippen LogP contribution in [0.1, 0.15) is 13.3 Å². The lowest BCUT2D eigenvalue weighted by atomic mass is 10.0. The number of nitriles is 1. The van der Waals surface area contributed by atoms with E-state index in [1.54, 1.807) is 6.92 Å². The van der Waals surface area contributed by atoms with E-state index < -0.39 is 17.2 Å².